The van der Waals surface area contributed by atoms with Crippen molar-refractivity contribution >= 4 is 17.4 Å². The Morgan fingerprint density at radius 2 is 2.06 bits per heavy atom. The molecule has 160 valence electrons. The second-order valence-electron chi connectivity index (χ2n) is 7.45. The Hall–Kier alpha value is -3.55. The standard InChI is InChI=1S/C23H24FN5O2/c1-4-15(5-2)27-23(30)17-11-25-9-8-19(17)29-13-31-20-12-26-21(28-22(20)29)16-10-14(3)6-7-18(16)24/h6-12,15H,4-5,13H2,1-3H3,(H,27,30). The van der Waals surface area contributed by atoms with Crippen LogP contribution in [0, 0.1) is 12.7 Å². The number of nitrogens with zero attached hydrogens (tertiary/aromatic N) is 4. The molecule has 0 fully saturated rings. The summed E-state index contributed by atoms with van der Waals surface area (Å²) in [6, 6.07) is 6.64. The van der Waals surface area contributed by atoms with Crippen molar-refractivity contribution in [3.8, 4) is 17.1 Å². The number of rotatable bonds is 6. The van der Waals surface area contributed by atoms with Gasteiger partial charge in [-0.15, -0.1) is 0 Å². The van der Waals surface area contributed by atoms with Crippen molar-refractivity contribution in [1.29, 1.82) is 0 Å². The number of halogens is 1. The molecular weight excluding hydrogens is 397 g/mol. The zero-order chi connectivity index (χ0) is 22.0. The summed E-state index contributed by atoms with van der Waals surface area (Å²) in [6.07, 6.45) is 6.36. The van der Waals surface area contributed by atoms with Crippen LogP contribution in [-0.4, -0.2) is 33.6 Å². The predicted octanol–water partition coefficient (Wildman–Crippen LogP) is 4.39. The van der Waals surface area contributed by atoms with Crippen LogP contribution < -0.4 is 15.0 Å². The summed E-state index contributed by atoms with van der Waals surface area (Å²) in [5.41, 5.74) is 2.26. The first kappa shape index (κ1) is 20.7. The quantitative estimate of drug-likeness (QED) is 0.636. The molecule has 1 aromatic carbocycles. The summed E-state index contributed by atoms with van der Waals surface area (Å²) in [6.45, 7) is 6.12. The van der Waals surface area contributed by atoms with Gasteiger partial charge in [0.15, 0.2) is 24.1 Å². The summed E-state index contributed by atoms with van der Waals surface area (Å²) in [5.74, 6) is 0.607. The van der Waals surface area contributed by atoms with Gasteiger partial charge in [-0.05, 0) is 38.0 Å². The Morgan fingerprint density at radius 1 is 1.26 bits per heavy atom. The Labute approximate surface area is 180 Å². The largest absolute Gasteiger partial charge is 0.467 e. The van der Waals surface area contributed by atoms with E-state index in [9.17, 15) is 9.18 Å². The van der Waals surface area contributed by atoms with Crippen molar-refractivity contribution in [2.24, 2.45) is 0 Å². The minimum absolute atomic E-state index is 0.0842. The maximum Gasteiger partial charge on any atom is 0.255 e. The molecule has 0 radical (unpaired) electrons. The molecule has 8 heteroatoms. The first-order chi connectivity index (χ1) is 15.0. The number of ether oxygens (including phenoxy) is 1. The second-order valence-corrected chi connectivity index (χ2v) is 7.45. The van der Waals surface area contributed by atoms with Gasteiger partial charge in [0.05, 0.1) is 23.0 Å². The first-order valence-corrected chi connectivity index (χ1v) is 10.3. The molecule has 0 atom stereocenters. The van der Waals surface area contributed by atoms with E-state index in [4.69, 9.17) is 4.74 Å². The summed E-state index contributed by atoms with van der Waals surface area (Å²) >= 11 is 0. The molecule has 1 amide bonds. The van der Waals surface area contributed by atoms with Gasteiger partial charge in [0.2, 0.25) is 0 Å². The Morgan fingerprint density at radius 3 is 2.84 bits per heavy atom. The fourth-order valence-corrected chi connectivity index (χ4v) is 3.53. The molecular formula is C23H24FN5O2. The molecule has 31 heavy (non-hydrogen) atoms. The van der Waals surface area contributed by atoms with Crippen LogP contribution in [0.2, 0.25) is 0 Å². The number of pyridine rings is 1. The minimum Gasteiger partial charge on any atom is -0.467 e. The van der Waals surface area contributed by atoms with E-state index in [1.54, 1.807) is 29.3 Å². The predicted molar refractivity (Wildman–Crippen MR) is 116 cm³/mol. The highest BCUT2D eigenvalue weighted by molar-refractivity contribution is 6.00. The van der Waals surface area contributed by atoms with Crippen LogP contribution >= 0.6 is 0 Å². The van der Waals surface area contributed by atoms with Crippen LogP contribution in [0.1, 0.15) is 42.6 Å². The Balaban J connectivity index is 1.72. The highest BCUT2D eigenvalue weighted by Gasteiger charge is 2.29. The third-order valence-corrected chi connectivity index (χ3v) is 5.36. The zero-order valence-electron chi connectivity index (χ0n) is 17.7. The summed E-state index contributed by atoms with van der Waals surface area (Å²) in [4.78, 5) is 27.7. The van der Waals surface area contributed by atoms with E-state index in [0.29, 0.717) is 28.4 Å². The number of carbonyl (C=O) groups excluding carboxylic acids is 1. The van der Waals surface area contributed by atoms with Gasteiger partial charge >= 0.3 is 0 Å². The summed E-state index contributed by atoms with van der Waals surface area (Å²) < 4.78 is 20.1. The van der Waals surface area contributed by atoms with Crippen molar-refractivity contribution in [1.82, 2.24) is 20.3 Å². The SMILES string of the molecule is CCC(CC)NC(=O)c1cnccc1N1COc2cnc(-c3cc(C)ccc3F)nc21. The third kappa shape index (κ3) is 4.05. The molecule has 0 aliphatic carbocycles. The van der Waals surface area contributed by atoms with Gasteiger partial charge in [-0.2, -0.15) is 0 Å². The van der Waals surface area contributed by atoms with Crippen LogP contribution in [0.25, 0.3) is 11.4 Å². The number of hydrogen-bond donors (Lipinski definition) is 1. The lowest BCUT2D eigenvalue weighted by Gasteiger charge is -2.21. The van der Waals surface area contributed by atoms with Crippen LogP contribution in [0.15, 0.2) is 42.9 Å². The smallest absolute Gasteiger partial charge is 0.255 e. The summed E-state index contributed by atoms with van der Waals surface area (Å²) in [5, 5.41) is 3.04. The lowest BCUT2D eigenvalue weighted by molar-refractivity contribution is 0.0935. The average Bonchev–Trinajstić information content (AvgIpc) is 3.22. The van der Waals surface area contributed by atoms with Crippen LogP contribution in [0.5, 0.6) is 5.75 Å². The fourth-order valence-electron chi connectivity index (χ4n) is 3.53. The number of anilines is 2. The van der Waals surface area contributed by atoms with Gasteiger partial charge in [-0.1, -0.05) is 25.5 Å². The lowest BCUT2D eigenvalue weighted by atomic mass is 10.1. The van der Waals surface area contributed by atoms with Gasteiger partial charge < -0.3 is 10.1 Å². The van der Waals surface area contributed by atoms with Crippen LogP contribution in [-0.2, 0) is 0 Å². The molecule has 0 unspecified atom stereocenters. The number of aryl methyl sites for hydroxylation is 1. The Bertz CT molecular complexity index is 1120. The normalized spacial score (nSPS) is 12.6. The number of benzene rings is 1. The van der Waals surface area contributed by atoms with E-state index in [1.165, 1.54) is 18.5 Å². The molecule has 7 nitrogen and oxygen atoms in total. The number of hydrogen-bond acceptors (Lipinski definition) is 6. The Kier molecular flexibility index (Phi) is 5.79. The lowest BCUT2D eigenvalue weighted by Crippen LogP contribution is -2.35. The van der Waals surface area contributed by atoms with E-state index in [-0.39, 0.29) is 24.5 Å². The number of amides is 1. The minimum atomic E-state index is -0.398. The van der Waals surface area contributed by atoms with Crippen molar-refractivity contribution in [2.75, 3.05) is 11.6 Å². The third-order valence-electron chi connectivity index (χ3n) is 5.36. The van der Waals surface area contributed by atoms with Gasteiger partial charge in [0.25, 0.3) is 5.91 Å². The van der Waals surface area contributed by atoms with E-state index >= 15 is 0 Å². The van der Waals surface area contributed by atoms with Crippen LogP contribution in [0.4, 0.5) is 15.9 Å². The van der Waals surface area contributed by atoms with E-state index in [2.05, 4.69) is 20.3 Å². The van der Waals surface area contributed by atoms with Gasteiger partial charge in [-0.3, -0.25) is 14.7 Å². The molecule has 2 aromatic heterocycles. The molecule has 3 aromatic rings. The molecule has 1 aliphatic heterocycles. The number of aromatic nitrogens is 3. The molecule has 3 heterocycles. The molecule has 0 saturated heterocycles. The second kappa shape index (κ2) is 8.67. The number of carbonyl (C=O) groups is 1. The fraction of sp³-hybridized carbons (Fsp3) is 0.304. The van der Waals surface area contributed by atoms with Crippen molar-refractivity contribution in [2.45, 2.75) is 39.7 Å². The molecule has 0 bridgehead atoms. The zero-order valence-corrected chi connectivity index (χ0v) is 17.7. The number of nitrogens with one attached hydrogen (secondary N) is 1. The number of fused-ring (bicyclic) bond motifs is 1. The highest BCUT2D eigenvalue weighted by atomic mass is 19.1. The van der Waals surface area contributed by atoms with Crippen molar-refractivity contribution < 1.29 is 13.9 Å². The van der Waals surface area contributed by atoms with Gasteiger partial charge in [0.1, 0.15) is 5.82 Å². The average molecular weight is 421 g/mol. The first-order valence-electron chi connectivity index (χ1n) is 10.3. The maximum absolute atomic E-state index is 14.4. The van der Waals surface area contributed by atoms with E-state index in [0.717, 1.165) is 18.4 Å². The van der Waals surface area contributed by atoms with Gasteiger partial charge in [-0.25, -0.2) is 14.4 Å². The topological polar surface area (TPSA) is 80.2 Å². The van der Waals surface area contributed by atoms with Crippen molar-refractivity contribution in [3.05, 3.63) is 59.8 Å². The molecule has 1 aliphatic rings. The highest BCUT2D eigenvalue weighted by Crippen LogP contribution is 2.39. The van der Waals surface area contributed by atoms with Gasteiger partial charge in [0, 0.05) is 18.4 Å². The monoisotopic (exact) mass is 421 g/mol. The van der Waals surface area contributed by atoms with E-state index in [1.807, 2.05) is 20.8 Å². The molecule has 4 rings (SSSR count). The molecule has 0 spiro atoms. The molecule has 1 N–H and O–H groups in total. The van der Waals surface area contributed by atoms with E-state index < -0.39 is 5.82 Å². The maximum atomic E-state index is 14.4. The molecule has 0 saturated carbocycles. The summed E-state index contributed by atoms with van der Waals surface area (Å²) in [7, 11) is 0. The van der Waals surface area contributed by atoms with Crippen molar-refractivity contribution in [3.63, 3.8) is 0 Å². The van der Waals surface area contributed by atoms with Crippen LogP contribution in [0.3, 0.4) is 0 Å².